The van der Waals surface area contributed by atoms with Gasteiger partial charge in [-0.1, -0.05) is 11.6 Å². The molecule has 3 aromatic rings. The maximum absolute atomic E-state index is 12.4. The molecule has 1 N–H and O–H groups in total. The molecule has 2 aromatic carbocycles. The molecule has 0 spiro atoms. The van der Waals surface area contributed by atoms with Crippen LogP contribution >= 0.6 is 34.7 Å². The summed E-state index contributed by atoms with van der Waals surface area (Å²) in [5.74, 6) is -0.148. The van der Waals surface area contributed by atoms with E-state index in [4.69, 9.17) is 11.6 Å². The summed E-state index contributed by atoms with van der Waals surface area (Å²) in [6.07, 6.45) is 2.00. The summed E-state index contributed by atoms with van der Waals surface area (Å²) in [7, 11) is 0. The summed E-state index contributed by atoms with van der Waals surface area (Å²) in [6, 6.07) is 12.9. The standard InChI is InChI=1S/C18H15ClN2OS2/c1-11-20-17(10-24-11)15-9-13(5-8-16(15)19)21-18(22)12-3-6-14(23-2)7-4-12/h3-10H,1-2H3,(H,21,22). The van der Waals surface area contributed by atoms with Gasteiger partial charge in [-0.05, 0) is 55.6 Å². The van der Waals surface area contributed by atoms with Gasteiger partial charge in [0.25, 0.3) is 5.91 Å². The number of nitrogens with one attached hydrogen (secondary N) is 1. The van der Waals surface area contributed by atoms with Crippen LogP contribution in [0.3, 0.4) is 0 Å². The van der Waals surface area contributed by atoms with E-state index in [9.17, 15) is 4.79 Å². The monoisotopic (exact) mass is 374 g/mol. The molecule has 0 saturated heterocycles. The Balaban J connectivity index is 1.83. The number of aromatic nitrogens is 1. The van der Waals surface area contributed by atoms with Crippen molar-refractivity contribution in [3.63, 3.8) is 0 Å². The molecular weight excluding hydrogens is 360 g/mol. The van der Waals surface area contributed by atoms with E-state index >= 15 is 0 Å². The maximum atomic E-state index is 12.4. The molecule has 1 aromatic heterocycles. The molecule has 3 nitrogen and oxygen atoms in total. The van der Waals surface area contributed by atoms with Crippen LogP contribution in [0.5, 0.6) is 0 Å². The van der Waals surface area contributed by atoms with E-state index in [1.807, 2.05) is 48.9 Å². The minimum atomic E-state index is -0.148. The van der Waals surface area contributed by atoms with Crippen molar-refractivity contribution in [2.24, 2.45) is 0 Å². The molecule has 1 heterocycles. The number of benzene rings is 2. The van der Waals surface area contributed by atoms with Crippen molar-refractivity contribution < 1.29 is 4.79 Å². The minimum Gasteiger partial charge on any atom is -0.322 e. The summed E-state index contributed by atoms with van der Waals surface area (Å²) in [5.41, 5.74) is 2.95. The van der Waals surface area contributed by atoms with Crippen LogP contribution in [0.1, 0.15) is 15.4 Å². The number of thioether (sulfide) groups is 1. The number of thiazole rings is 1. The fraction of sp³-hybridized carbons (Fsp3) is 0.111. The van der Waals surface area contributed by atoms with E-state index in [-0.39, 0.29) is 5.91 Å². The van der Waals surface area contributed by atoms with Crippen LogP contribution in [0.4, 0.5) is 5.69 Å². The molecule has 3 rings (SSSR count). The molecule has 0 radical (unpaired) electrons. The van der Waals surface area contributed by atoms with Crippen LogP contribution in [0.2, 0.25) is 5.02 Å². The fourth-order valence-electron chi connectivity index (χ4n) is 2.23. The van der Waals surface area contributed by atoms with E-state index < -0.39 is 0 Å². The second-order valence-corrected chi connectivity index (χ2v) is 7.48. The van der Waals surface area contributed by atoms with E-state index in [0.29, 0.717) is 16.3 Å². The maximum Gasteiger partial charge on any atom is 0.255 e. The van der Waals surface area contributed by atoms with Gasteiger partial charge in [-0.3, -0.25) is 4.79 Å². The number of hydrogen-bond donors (Lipinski definition) is 1. The summed E-state index contributed by atoms with van der Waals surface area (Å²) >= 11 is 9.49. The number of anilines is 1. The Morgan fingerprint density at radius 3 is 2.58 bits per heavy atom. The van der Waals surface area contributed by atoms with Gasteiger partial charge in [0.2, 0.25) is 0 Å². The molecule has 0 fully saturated rings. The van der Waals surface area contributed by atoms with Crippen LogP contribution in [-0.4, -0.2) is 17.1 Å². The molecule has 6 heteroatoms. The number of hydrogen-bond acceptors (Lipinski definition) is 4. The second kappa shape index (κ2) is 7.38. The first-order valence-corrected chi connectivity index (χ1v) is 9.72. The SMILES string of the molecule is CSc1ccc(C(=O)Nc2ccc(Cl)c(-c3csc(C)n3)c2)cc1. The molecule has 24 heavy (non-hydrogen) atoms. The normalized spacial score (nSPS) is 10.6. The lowest BCUT2D eigenvalue weighted by Gasteiger charge is -2.08. The van der Waals surface area contributed by atoms with Crippen LogP contribution in [0, 0.1) is 6.92 Å². The van der Waals surface area contributed by atoms with Gasteiger partial charge in [-0.2, -0.15) is 0 Å². The molecular formula is C18H15ClN2OS2. The zero-order valence-electron chi connectivity index (χ0n) is 13.2. The van der Waals surface area contributed by atoms with Crippen molar-refractivity contribution in [2.75, 3.05) is 11.6 Å². The highest BCUT2D eigenvalue weighted by atomic mass is 35.5. The van der Waals surface area contributed by atoms with E-state index in [2.05, 4.69) is 10.3 Å². The molecule has 1 amide bonds. The van der Waals surface area contributed by atoms with Gasteiger partial charge in [0.15, 0.2) is 0 Å². The Bertz CT molecular complexity index is 875. The largest absolute Gasteiger partial charge is 0.322 e. The molecule has 0 bridgehead atoms. The Kier molecular flexibility index (Phi) is 5.23. The van der Waals surface area contributed by atoms with E-state index in [1.54, 1.807) is 35.2 Å². The molecule has 122 valence electrons. The predicted octanol–water partition coefficient (Wildman–Crippen LogP) is 5.75. The van der Waals surface area contributed by atoms with Gasteiger partial charge in [0, 0.05) is 27.1 Å². The number of rotatable bonds is 4. The Hall–Kier alpha value is -1.82. The van der Waals surface area contributed by atoms with Gasteiger partial charge in [0.1, 0.15) is 0 Å². The van der Waals surface area contributed by atoms with Crippen molar-refractivity contribution in [3.05, 3.63) is 63.4 Å². The molecule has 0 aliphatic heterocycles. The smallest absolute Gasteiger partial charge is 0.255 e. The first-order valence-electron chi connectivity index (χ1n) is 7.24. The third-order valence-corrected chi connectivity index (χ3v) is 5.32. The fourth-order valence-corrected chi connectivity index (χ4v) is 3.47. The topological polar surface area (TPSA) is 42.0 Å². The average Bonchev–Trinajstić information content (AvgIpc) is 3.03. The van der Waals surface area contributed by atoms with Crippen LogP contribution in [-0.2, 0) is 0 Å². The first kappa shape index (κ1) is 17.0. The number of halogens is 1. The average molecular weight is 375 g/mol. The second-order valence-electron chi connectivity index (χ2n) is 5.13. The van der Waals surface area contributed by atoms with Crippen molar-refractivity contribution in [1.29, 1.82) is 0 Å². The highest BCUT2D eigenvalue weighted by Gasteiger charge is 2.11. The lowest BCUT2D eigenvalue weighted by Crippen LogP contribution is -2.11. The van der Waals surface area contributed by atoms with Crippen LogP contribution in [0.15, 0.2) is 52.7 Å². The lowest BCUT2D eigenvalue weighted by molar-refractivity contribution is 0.102. The molecule has 0 saturated carbocycles. The van der Waals surface area contributed by atoms with Crippen LogP contribution in [0.25, 0.3) is 11.3 Å². The molecule has 0 aliphatic rings. The van der Waals surface area contributed by atoms with E-state index in [1.165, 1.54) is 0 Å². The minimum absolute atomic E-state index is 0.148. The Morgan fingerprint density at radius 1 is 1.21 bits per heavy atom. The molecule has 0 unspecified atom stereocenters. The van der Waals surface area contributed by atoms with Crippen molar-refractivity contribution in [1.82, 2.24) is 4.98 Å². The highest BCUT2D eigenvalue weighted by Crippen LogP contribution is 2.31. The van der Waals surface area contributed by atoms with Gasteiger partial charge in [0.05, 0.1) is 15.7 Å². The number of carbonyl (C=O) groups excluding carboxylic acids is 1. The third-order valence-electron chi connectivity index (χ3n) is 3.47. The number of carbonyl (C=O) groups is 1. The van der Waals surface area contributed by atoms with Crippen molar-refractivity contribution in [3.8, 4) is 11.3 Å². The van der Waals surface area contributed by atoms with Crippen molar-refractivity contribution in [2.45, 2.75) is 11.8 Å². The Morgan fingerprint density at radius 2 is 1.96 bits per heavy atom. The van der Waals surface area contributed by atoms with Gasteiger partial charge >= 0.3 is 0 Å². The van der Waals surface area contributed by atoms with Crippen molar-refractivity contribution >= 4 is 46.3 Å². The number of aryl methyl sites for hydroxylation is 1. The Labute approximate surface area is 154 Å². The number of nitrogens with zero attached hydrogens (tertiary/aromatic N) is 1. The van der Waals surface area contributed by atoms with Crippen LogP contribution < -0.4 is 5.32 Å². The van der Waals surface area contributed by atoms with Gasteiger partial charge in [-0.25, -0.2) is 4.98 Å². The molecule has 0 atom stereocenters. The first-order chi connectivity index (χ1) is 11.6. The van der Waals surface area contributed by atoms with Gasteiger partial charge in [-0.15, -0.1) is 23.1 Å². The van der Waals surface area contributed by atoms with E-state index in [0.717, 1.165) is 21.2 Å². The summed E-state index contributed by atoms with van der Waals surface area (Å²) < 4.78 is 0. The zero-order chi connectivity index (χ0) is 17.1. The summed E-state index contributed by atoms with van der Waals surface area (Å²) in [5, 5.41) is 6.46. The lowest BCUT2D eigenvalue weighted by atomic mass is 10.1. The highest BCUT2D eigenvalue weighted by molar-refractivity contribution is 7.98. The predicted molar refractivity (Wildman–Crippen MR) is 103 cm³/mol. The van der Waals surface area contributed by atoms with Gasteiger partial charge < -0.3 is 5.32 Å². The number of amides is 1. The molecule has 0 aliphatic carbocycles. The zero-order valence-corrected chi connectivity index (χ0v) is 15.6. The third kappa shape index (κ3) is 3.80. The summed E-state index contributed by atoms with van der Waals surface area (Å²) in [6.45, 7) is 1.95. The summed E-state index contributed by atoms with van der Waals surface area (Å²) in [4.78, 5) is 18.0. The quantitative estimate of drug-likeness (QED) is 0.591.